The minimum absolute atomic E-state index is 1.13. The number of rotatable bonds is 9. The Morgan fingerprint density at radius 2 is 1.39 bits per heavy atom. The summed E-state index contributed by atoms with van der Waals surface area (Å²) in [5.74, 6) is 0. The van der Waals surface area contributed by atoms with Gasteiger partial charge in [0, 0.05) is 6.54 Å². The SMILES string of the molecule is CCCCN(CCCC)Cc1ccccc1CC. The summed E-state index contributed by atoms with van der Waals surface area (Å²) < 4.78 is 0. The van der Waals surface area contributed by atoms with Gasteiger partial charge < -0.3 is 0 Å². The number of benzene rings is 1. The lowest BCUT2D eigenvalue weighted by Gasteiger charge is -2.23. The van der Waals surface area contributed by atoms with Gasteiger partial charge in [0.25, 0.3) is 0 Å². The molecule has 18 heavy (non-hydrogen) atoms. The molecule has 102 valence electrons. The number of nitrogens with zero attached hydrogens (tertiary/aromatic N) is 1. The molecule has 1 rings (SSSR count). The van der Waals surface area contributed by atoms with Crippen molar-refractivity contribution >= 4 is 0 Å². The summed E-state index contributed by atoms with van der Waals surface area (Å²) in [7, 11) is 0. The van der Waals surface area contributed by atoms with Gasteiger partial charge in [0.1, 0.15) is 0 Å². The van der Waals surface area contributed by atoms with Crippen LogP contribution in [-0.2, 0) is 13.0 Å². The van der Waals surface area contributed by atoms with E-state index in [1.807, 2.05) is 0 Å². The van der Waals surface area contributed by atoms with Crippen LogP contribution in [0.3, 0.4) is 0 Å². The van der Waals surface area contributed by atoms with Gasteiger partial charge >= 0.3 is 0 Å². The molecule has 0 spiro atoms. The van der Waals surface area contributed by atoms with Crippen LogP contribution in [0.2, 0.25) is 0 Å². The Kier molecular flexibility index (Phi) is 7.75. The fraction of sp³-hybridized carbons (Fsp3) is 0.647. The number of unbranched alkanes of at least 4 members (excludes halogenated alkanes) is 2. The molecular weight excluding hydrogens is 218 g/mol. The fourth-order valence-electron chi connectivity index (χ4n) is 2.33. The molecule has 1 aromatic rings. The Labute approximate surface area is 113 Å². The molecule has 0 bridgehead atoms. The first-order valence-corrected chi connectivity index (χ1v) is 7.60. The molecule has 0 aromatic heterocycles. The van der Waals surface area contributed by atoms with Crippen molar-refractivity contribution in [3.05, 3.63) is 35.4 Å². The van der Waals surface area contributed by atoms with Gasteiger partial charge in [-0.05, 0) is 43.5 Å². The van der Waals surface area contributed by atoms with Crippen LogP contribution in [-0.4, -0.2) is 18.0 Å². The molecule has 0 amide bonds. The summed E-state index contributed by atoms with van der Waals surface area (Å²) in [4.78, 5) is 2.63. The van der Waals surface area contributed by atoms with Gasteiger partial charge in [-0.15, -0.1) is 0 Å². The van der Waals surface area contributed by atoms with Gasteiger partial charge in [-0.2, -0.15) is 0 Å². The summed E-state index contributed by atoms with van der Waals surface area (Å²) in [5.41, 5.74) is 3.03. The highest BCUT2D eigenvalue weighted by Gasteiger charge is 2.07. The predicted molar refractivity (Wildman–Crippen MR) is 80.9 cm³/mol. The van der Waals surface area contributed by atoms with Crippen LogP contribution < -0.4 is 0 Å². The van der Waals surface area contributed by atoms with Crippen molar-refractivity contribution in [1.82, 2.24) is 4.90 Å². The topological polar surface area (TPSA) is 3.24 Å². The van der Waals surface area contributed by atoms with Crippen molar-refractivity contribution in [2.45, 2.75) is 59.4 Å². The molecule has 0 aliphatic carbocycles. The predicted octanol–water partition coefficient (Wildman–Crippen LogP) is 4.65. The average Bonchev–Trinajstić information content (AvgIpc) is 2.42. The molecule has 0 saturated carbocycles. The maximum atomic E-state index is 2.63. The summed E-state index contributed by atoms with van der Waals surface area (Å²) in [5, 5.41) is 0. The van der Waals surface area contributed by atoms with Gasteiger partial charge in [0.2, 0.25) is 0 Å². The molecule has 0 heterocycles. The molecule has 0 atom stereocenters. The summed E-state index contributed by atoms with van der Waals surface area (Å²) in [6, 6.07) is 8.90. The first-order chi connectivity index (χ1) is 8.81. The van der Waals surface area contributed by atoms with Gasteiger partial charge in [0.15, 0.2) is 0 Å². The van der Waals surface area contributed by atoms with Gasteiger partial charge in [-0.3, -0.25) is 4.90 Å². The lowest BCUT2D eigenvalue weighted by molar-refractivity contribution is 0.256. The van der Waals surface area contributed by atoms with Crippen molar-refractivity contribution in [1.29, 1.82) is 0 Å². The lowest BCUT2D eigenvalue weighted by Crippen LogP contribution is -2.26. The molecule has 0 unspecified atom stereocenters. The maximum Gasteiger partial charge on any atom is 0.0236 e. The first-order valence-electron chi connectivity index (χ1n) is 7.60. The van der Waals surface area contributed by atoms with E-state index in [0.29, 0.717) is 0 Å². The highest BCUT2D eigenvalue weighted by molar-refractivity contribution is 5.26. The molecule has 1 heteroatoms. The molecular formula is C17H29N. The van der Waals surface area contributed by atoms with E-state index in [9.17, 15) is 0 Å². The molecule has 0 N–H and O–H groups in total. The third-order valence-corrected chi connectivity index (χ3v) is 3.55. The second kappa shape index (κ2) is 9.16. The first kappa shape index (κ1) is 15.2. The van der Waals surface area contributed by atoms with E-state index in [2.05, 4.69) is 49.9 Å². The van der Waals surface area contributed by atoms with Crippen LogP contribution in [0.4, 0.5) is 0 Å². The molecule has 0 fully saturated rings. The standard InChI is InChI=1S/C17H29N/c1-4-7-13-18(14-8-5-2)15-17-12-10-9-11-16(17)6-3/h9-12H,4-8,13-15H2,1-3H3. The zero-order valence-electron chi connectivity index (χ0n) is 12.4. The van der Waals surface area contributed by atoms with E-state index in [1.54, 1.807) is 0 Å². The van der Waals surface area contributed by atoms with Crippen molar-refractivity contribution in [2.24, 2.45) is 0 Å². The molecule has 1 aromatic carbocycles. The second-order valence-electron chi connectivity index (χ2n) is 5.11. The number of hydrogen-bond donors (Lipinski definition) is 0. The number of hydrogen-bond acceptors (Lipinski definition) is 1. The lowest BCUT2D eigenvalue weighted by atomic mass is 10.0. The fourth-order valence-corrected chi connectivity index (χ4v) is 2.33. The van der Waals surface area contributed by atoms with E-state index >= 15 is 0 Å². The molecule has 1 nitrogen and oxygen atoms in total. The van der Waals surface area contributed by atoms with Crippen molar-refractivity contribution in [3.63, 3.8) is 0 Å². The Morgan fingerprint density at radius 3 is 1.89 bits per heavy atom. The minimum Gasteiger partial charge on any atom is -0.299 e. The monoisotopic (exact) mass is 247 g/mol. The van der Waals surface area contributed by atoms with E-state index in [4.69, 9.17) is 0 Å². The van der Waals surface area contributed by atoms with Crippen molar-refractivity contribution < 1.29 is 0 Å². The molecule has 0 aliphatic heterocycles. The smallest absolute Gasteiger partial charge is 0.0236 e. The van der Waals surface area contributed by atoms with Crippen LogP contribution in [0.1, 0.15) is 57.6 Å². The molecule has 0 radical (unpaired) electrons. The highest BCUT2D eigenvalue weighted by atomic mass is 15.1. The quantitative estimate of drug-likeness (QED) is 0.614. The zero-order chi connectivity index (χ0) is 13.2. The minimum atomic E-state index is 1.13. The second-order valence-corrected chi connectivity index (χ2v) is 5.11. The average molecular weight is 247 g/mol. The Balaban J connectivity index is 2.62. The molecule has 0 aliphatic rings. The van der Waals surface area contributed by atoms with Crippen LogP contribution in [0.5, 0.6) is 0 Å². The Morgan fingerprint density at radius 1 is 0.833 bits per heavy atom. The van der Waals surface area contributed by atoms with E-state index < -0.39 is 0 Å². The number of aryl methyl sites for hydroxylation is 1. The van der Waals surface area contributed by atoms with Crippen LogP contribution in [0.25, 0.3) is 0 Å². The zero-order valence-corrected chi connectivity index (χ0v) is 12.4. The normalized spacial score (nSPS) is 11.1. The van der Waals surface area contributed by atoms with Gasteiger partial charge in [-0.25, -0.2) is 0 Å². The van der Waals surface area contributed by atoms with Gasteiger partial charge in [0.05, 0.1) is 0 Å². The summed E-state index contributed by atoms with van der Waals surface area (Å²) in [6.07, 6.45) is 6.36. The van der Waals surface area contributed by atoms with E-state index in [1.165, 1.54) is 49.9 Å². The van der Waals surface area contributed by atoms with Crippen LogP contribution in [0, 0.1) is 0 Å². The van der Waals surface area contributed by atoms with Crippen LogP contribution in [0.15, 0.2) is 24.3 Å². The molecule has 0 saturated heterocycles. The third kappa shape index (κ3) is 5.22. The summed E-state index contributed by atoms with van der Waals surface area (Å²) in [6.45, 7) is 10.4. The summed E-state index contributed by atoms with van der Waals surface area (Å²) >= 11 is 0. The largest absolute Gasteiger partial charge is 0.299 e. The van der Waals surface area contributed by atoms with Crippen LogP contribution >= 0.6 is 0 Å². The van der Waals surface area contributed by atoms with E-state index in [0.717, 1.165) is 13.0 Å². The Bertz CT molecular complexity index is 311. The maximum absolute atomic E-state index is 2.63. The van der Waals surface area contributed by atoms with Gasteiger partial charge in [-0.1, -0.05) is 57.9 Å². The van der Waals surface area contributed by atoms with Crippen molar-refractivity contribution in [2.75, 3.05) is 13.1 Å². The highest BCUT2D eigenvalue weighted by Crippen LogP contribution is 2.13. The third-order valence-electron chi connectivity index (χ3n) is 3.55. The van der Waals surface area contributed by atoms with E-state index in [-0.39, 0.29) is 0 Å². The Hall–Kier alpha value is -0.820. The van der Waals surface area contributed by atoms with Crippen molar-refractivity contribution in [3.8, 4) is 0 Å².